The van der Waals surface area contributed by atoms with Crippen LogP contribution in [0.4, 0.5) is 0 Å². The van der Waals surface area contributed by atoms with Crippen molar-refractivity contribution in [2.75, 3.05) is 39.4 Å². The van der Waals surface area contributed by atoms with E-state index in [0.717, 1.165) is 39.1 Å². The van der Waals surface area contributed by atoms with E-state index in [4.69, 9.17) is 10.5 Å². The normalized spacial score (nSPS) is 24.5. The molecule has 3 N–H and O–H groups in total. The lowest BCUT2D eigenvalue weighted by Gasteiger charge is -2.27. The summed E-state index contributed by atoms with van der Waals surface area (Å²) in [4.78, 5) is 14.6. The number of nitrogens with two attached hydrogens (primary N) is 1. The number of hydrogen-bond acceptors (Lipinski definition) is 4. The van der Waals surface area contributed by atoms with E-state index in [1.807, 2.05) is 0 Å². The zero-order valence-corrected chi connectivity index (χ0v) is 12.6. The molecule has 1 amide bonds. The van der Waals surface area contributed by atoms with Gasteiger partial charge in [-0.3, -0.25) is 4.79 Å². The molecule has 0 aromatic rings. The Kier molecular flexibility index (Phi) is 6.26. The summed E-state index contributed by atoms with van der Waals surface area (Å²) in [5.74, 6) is 0.766. The molecule has 0 spiro atoms. The Hall–Kier alpha value is -0.650. The Labute approximate surface area is 122 Å². The number of rotatable bonds is 6. The molecule has 0 radical (unpaired) electrons. The molecule has 5 nitrogen and oxygen atoms in total. The van der Waals surface area contributed by atoms with Crippen LogP contribution in [0.15, 0.2) is 0 Å². The van der Waals surface area contributed by atoms with Crippen molar-refractivity contribution in [1.29, 1.82) is 0 Å². The van der Waals surface area contributed by atoms with E-state index in [1.54, 1.807) is 0 Å². The van der Waals surface area contributed by atoms with Crippen LogP contribution >= 0.6 is 0 Å². The maximum Gasteiger partial charge on any atom is 0.237 e. The Morgan fingerprint density at radius 2 is 2.00 bits per heavy atom. The molecule has 116 valence electrons. The van der Waals surface area contributed by atoms with Crippen LogP contribution < -0.4 is 11.1 Å². The van der Waals surface area contributed by atoms with Crippen LogP contribution in [0.1, 0.15) is 32.6 Å². The SMILES string of the molecule is CC(CNC(=O)C(N)C1CCOCC1)CN1CCCC1. The van der Waals surface area contributed by atoms with Gasteiger partial charge in [-0.25, -0.2) is 0 Å². The second-order valence-corrected chi connectivity index (χ2v) is 6.33. The molecule has 0 aliphatic carbocycles. The van der Waals surface area contributed by atoms with Gasteiger partial charge < -0.3 is 20.7 Å². The lowest BCUT2D eigenvalue weighted by atomic mass is 9.92. The van der Waals surface area contributed by atoms with Crippen LogP contribution in [0.2, 0.25) is 0 Å². The predicted octanol–water partition coefficient (Wildman–Crippen LogP) is 0.588. The van der Waals surface area contributed by atoms with Crippen LogP contribution in [0.3, 0.4) is 0 Å². The molecule has 2 heterocycles. The first kappa shape index (κ1) is 15.7. The van der Waals surface area contributed by atoms with Crippen molar-refractivity contribution in [1.82, 2.24) is 10.2 Å². The largest absolute Gasteiger partial charge is 0.381 e. The summed E-state index contributed by atoms with van der Waals surface area (Å²) in [5, 5.41) is 3.02. The Balaban J connectivity index is 1.65. The Morgan fingerprint density at radius 3 is 2.65 bits per heavy atom. The van der Waals surface area contributed by atoms with Crippen molar-refractivity contribution < 1.29 is 9.53 Å². The van der Waals surface area contributed by atoms with Crippen LogP contribution in [0, 0.1) is 11.8 Å². The highest BCUT2D eigenvalue weighted by molar-refractivity contribution is 5.81. The van der Waals surface area contributed by atoms with Crippen LogP contribution in [-0.4, -0.2) is 56.2 Å². The minimum absolute atomic E-state index is 0.00479. The van der Waals surface area contributed by atoms with E-state index in [1.165, 1.54) is 25.9 Å². The van der Waals surface area contributed by atoms with E-state index in [2.05, 4.69) is 17.1 Å². The minimum atomic E-state index is -0.377. The van der Waals surface area contributed by atoms with Crippen LogP contribution in [0.5, 0.6) is 0 Å². The maximum atomic E-state index is 12.1. The van der Waals surface area contributed by atoms with E-state index in [-0.39, 0.29) is 17.9 Å². The quantitative estimate of drug-likeness (QED) is 0.748. The molecule has 5 heteroatoms. The monoisotopic (exact) mass is 283 g/mol. The Morgan fingerprint density at radius 1 is 1.35 bits per heavy atom. The summed E-state index contributed by atoms with van der Waals surface area (Å²) in [7, 11) is 0. The molecule has 2 unspecified atom stereocenters. The first-order chi connectivity index (χ1) is 9.66. The molecule has 2 rings (SSSR count). The van der Waals surface area contributed by atoms with E-state index in [9.17, 15) is 4.79 Å². The first-order valence-corrected chi connectivity index (χ1v) is 8.00. The van der Waals surface area contributed by atoms with Crippen molar-refractivity contribution in [3.05, 3.63) is 0 Å². The summed E-state index contributed by atoms with van der Waals surface area (Å²) in [6, 6.07) is -0.377. The summed E-state index contributed by atoms with van der Waals surface area (Å²) in [6.07, 6.45) is 4.43. The molecule has 0 aromatic heterocycles. The highest BCUT2D eigenvalue weighted by Crippen LogP contribution is 2.17. The van der Waals surface area contributed by atoms with Gasteiger partial charge in [0.2, 0.25) is 5.91 Å². The van der Waals surface area contributed by atoms with Crippen molar-refractivity contribution in [3.63, 3.8) is 0 Å². The highest BCUT2D eigenvalue weighted by Gasteiger charge is 2.26. The van der Waals surface area contributed by atoms with Gasteiger partial charge in [0, 0.05) is 26.3 Å². The second-order valence-electron chi connectivity index (χ2n) is 6.33. The van der Waals surface area contributed by atoms with Gasteiger partial charge in [-0.2, -0.15) is 0 Å². The molecule has 2 aliphatic rings. The maximum absolute atomic E-state index is 12.1. The van der Waals surface area contributed by atoms with E-state index in [0.29, 0.717) is 5.92 Å². The number of carbonyl (C=O) groups excluding carboxylic acids is 1. The van der Waals surface area contributed by atoms with Crippen molar-refractivity contribution >= 4 is 5.91 Å². The molecule has 2 aliphatic heterocycles. The zero-order chi connectivity index (χ0) is 14.4. The average molecular weight is 283 g/mol. The lowest BCUT2D eigenvalue weighted by Crippen LogP contribution is -2.48. The van der Waals surface area contributed by atoms with Gasteiger partial charge in [0.25, 0.3) is 0 Å². The van der Waals surface area contributed by atoms with Gasteiger partial charge in [-0.1, -0.05) is 6.92 Å². The number of amides is 1. The fourth-order valence-corrected chi connectivity index (χ4v) is 3.15. The third kappa shape index (κ3) is 4.72. The number of nitrogens with one attached hydrogen (secondary N) is 1. The van der Waals surface area contributed by atoms with Crippen molar-refractivity contribution in [2.45, 2.75) is 38.6 Å². The third-order valence-electron chi connectivity index (χ3n) is 4.47. The van der Waals surface area contributed by atoms with Gasteiger partial charge >= 0.3 is 0 Å². The van der Waals surface area contributed by atoms with Crippen LogP contribution in [0.25, 0.3) is 0 Å². The topological polar surface area (TPSA) is 67.6 Å². The molecule has 2 atom stereocenters. The minimum Gasteiger partial charge on any atom is -0.381 e. The second kappa shape index (κ2) is 7.96. The van der Waals surface area contributed by atoms with E-state index >= 15 is 0 Å². The standard InChI is InChI=1S/C15H29N3O2/c1-12(11-18-6-2-3-7-18)10-17-15(19)14(16)13-4-8-20-9-5-13/h12-14H,2-11,16H2,1H3,(H,17,19). The molecule has 20 heavy (non-hydrogen) atoms. The highest BCUT2D eigenvalue weighted by atomic mass is 16.5. The number of carbonyl (C=O) groups is 1. The summed E-state index contributed by atoms with van der Waals surface area (Å²) in [5.41, 5.74) is 6.06. The Bertz CT molecular complexity index is 299. The molecule has 2 saturated heterocycles. The fraction of sp³-hybridized carbons (Fsp3) is 0.933. The lowest BCUT2D eigenvalue weighted by molar-refractivity contribution is -0.124. The van der Waals surface area contributed by atoms with Gasteiger partial charge in [0.1, 0.15) is 0 Å². The molecule has 2 fully saturated rings. The molecular weight excluding hydrogens is 254 g/mol. The molecule has 0 bridgehead atoms. The summed E-state index contributed by atoms with van der Waals surface area (Å²) >= 11 is 0. The number of ether oxygens (including phenoxy) is 1. The fourth-order valence-electron chi connectivity index (χ4n) is 3.15. The number of likely N-dealkylation sites (tertiary alicyclic amines) is 1. The molecule has 0 aromatic carbocycles. The third-order valence-corrected chi connectivity index (χ3v) is 4.47. The summed E-state index contributed by atoms with van der Waals surface area (Å²) < 4.78 is 5.31. The molecular formula is C15H29N3O2. The van der Waals surface area contributed by atoms with Crippen LogP contribution in [-0.2, 0) is 9.53 Å². The van der Waals surface area contributed by atoms with E-state index < -0.39 is 0 Å². The van der Waals surface area contributed by atoms with Gasteiger partial charge in [0.05, 0.1) is 6.04 Å². The van der Waals surface area contributed by atoms with Gasteiger partial charge in [-0.15, -0.1) is 0 Å². The smallest absolute Gasteiger partial charge is 0.237 e. The first-order valence-electron chi connectivity index (χ1n) is 8.00. The average Bonchev–Trinajstić information content (AvgIpc) is 2.97. The number of nitrogens with zero attached hydrogens (tertiary/aromatic N) is 1. The predicted molar refractivity (Wildman–Crippen MR) is 79.4 cm³/mol. The summed E-state index contributed by atoms with van der Waals surface area (Å²) in [6.45, 7) is 7.88. The van der Waals surface area contributed by atoms with Gasteiger partial charge in [0.15, 0.2) is 0 Å². The molecule has 0 saturated carbocycles. The van der Waals surface area contributed by atoms with Gasteiger partial charge in [-0.05, 0) is 50.6 Å². The zero-order valence-electron chi connectivity index (χ0n) is 12.6. The number of hydrogen-bond donors (Lipinski definition) is 2. The van der Waals surface area contributed by atoms with Crippen molar-refractivity contribution in [3.8, 4) is 0 Å². The van der Waals surface area contributed by atoms with Crippen molar-refractivity contribution in [2.24, 2.45) is 17.6 Å².